The topological polar surface area (TPSA) is 91.2 Å². The molecule has 0 aliphatic rings. The summed E-state index contributed by atoms with van der Waals surface area (Å²) in [4.78, 5) is 11.8. The lowest BCUT2D eigenvalue weighted by Gasteiger charge is -2.09. The van der Waals surface area contributed by atoms with Gasteiger partial charge in [-0.25, -0.2) is 5.43 Å². The number of phenolic OH excluding ortho intramolecular Hbond substituents is 2. The highest BCUT2D eigenvalue weighted by Gasteiger charge is 2.08. The number of aromatic hydroxyl groups is 2. The van der Waals surface area contributed by atoms with Crippen LogP contribution in [0.25, 0.3) is 0 Å². The molecular weight excluding hydrogens is 332 g/mol. The van der Waals surface area contributed by atoms with Gasteiger partial charge in [0.15, 0.2) is 6.61 Å². The van der Waals surface area contributed by atoms with E-state index in [1.807, 2.05) is 6.92 Å². The molecule has 0 saturated carbocycles. The molecule has 3 N–H and O–H groups in total. The van der Waals surface area contributed by atoms with Crippen LogP contribution in [0.15, 0.2) is 41.5 Å². The Morgan fingerprint density at radius 1 is 1.25 bits per heavy atom. The first-order valence-electron chi connectivity index (χ1n) is 7.11. The number of hydrazone groups is 1. The maximum atomic E-state index is 11.8. The number of nitrogens with one attached hydrogen (secondary N) is 1. The quantitative estimate of drug-likeness (QED) is 0.572. The van der Waals surface area contributed by atoms with Crippen molar-refractivity contribution in [2.75, 3.05) is 6.61 Å². The SMILES string of the molecule is CC(=NNC(=O)COc1ccc(Cl)cc1C)c1ccc(O)cc1O. The largest absolute Gasteiger partial charge is 0.508 e. The van der Waals surface area contributed by atoms with E-state index in [1.165, 1.54) is 18.2 Å². The Hall–Kier alpha value is -2.73. The molecule has 0 bridgehead atoms. The first kappa shape index (κ1) is 17.6. The zero-order valence-corrected chi connectivity index (χ0v) is 14.0. The third-order valence-electron chi connectivity index (χ3n) is 3.22. The number of amides is 1. The van der Waals surface area contributed by atoms with Crippen molar-refractivity contribution >= 4 is 23.2 Å². The molecule has 24 heavy (non-hydrogen) atoms. The van der Waals surface area contributed by atoms with Crippen LogP contribution in [0.2, 0.25) is 5.02 Å². The number of nitrogens with zero attached hydrogens (tertiary/aromatic N) is 1. The lowest BCUT2D eigenvalue weighted by atomic mass is 10.1. The minimum Gasteiger partial charge on any atom is -0.508 e. The van der Waals surface area contributed by atoms with Gasteiger partial charge in [-0.1, -0.05) is 11.6 Å². The van der Waals surface area contributed by atoms with Gasteiger partial charge in [0, 0.05) is 16.7 Å². The Balaban J connectivity index is 1.94. The van der Waals surface area contributed by atoms with Crippen LogP contribution < -0.4 is 10.2 Å². The standard InChI is InChI=1S/C17H17ClN2O4/c1-10-7-12(18)3-6-16(10)24-9-17(23)20-19-11(2)14-5-4-13(21)8-15(14)22/h3-8,21-22H,9H2,1-2H3,(H,20,23). The van der Waals surface area contributed by atoms with Crippen molar-refractivity contribution in [2.45, 2.75) is 13.8 Å². The predicted octanol–water partition coefficient (Wildman–Crippen LogP) is 2.98. The zero-order chi connectivity index (χ0) is 17.7. The lowest BCUT2D eigenvalue weighted by molar-refractivity contribution is -0.123. The number of benzene rings is 2. The average Bonchev–Trinajstić information content (AvgIpc) is 2.51. The second kappa shape index (κ2) is 7.70. The number of rotatable bonds is 5. The van der Waals surface area contributed by atoms with Crippen LogP contribution in [-0.4, -0.2) is 28.4 Å². The van der Waals surface area contributed by atoms with Gasteiger partial charge in [0.25, 0.3) is 5.91 Å². The molecule has 0 atom stereocenters. The molecule has 126 valence electrons. The fourth-order valence-corrected chi connectivity index (χ4v) is 2.21. The van der Waals surface area contributed by atoms with Gasteiger partial charge < -0.3 is 14.9 Å². The van der Waals surface area contributed by atoms with E-state index in [9.17, 15) is 15.0 Å². The van der Waals surface area contributed by atoms with E-state index >= 15 is 0 Å². The van der Waals surface area contributed by atoms with E-state index in [1.54, 1.807) is 25.1 Å². The summed E-state index contributed by atoms with van der Waals surface area (Å²) in [5, 5.41) is 23.5. The molecule has 7 heteroatoms. The monoisotopic (exact) mass is 348 g/mol. The minimum atomic E-state index is -0.443. The van der Waals surface area contributed by atoms with Crippen molar-refractivity contribution in [2.24, 2.45) is 5.10 Å². The number of ether oxygens (including phenoxy) is 1. The molecule has 0 aromatic heterocycles. The molecule has 0 heterocycles. The van der Waals surface area contributed by atoms with Crippen molar-refractivity contribution in [1.29, 1.82) is 0 Å². The molecule has 0 unspecified atom stereocenters. The van der Waals surface area contributed by atoms with E-state index in [2.05, 4.69) is 10.5 Å². The number of halogens is 1. The second-order valence-corrected chi connectivity index (χ2v) is 5.57. The predicted molar refractivity (Wildman–Crippen MR) is 91.8 cm³/mol. The molecule has 0 fully saturated rings. The van der Waals surface area contributed by atoms with Crippen molar-refractivity contribution < 1.29 is 19.7 Å². The van der Waals surface area contributed by atoms with Crippen LogP contribution >= 0.6 is 11.6 Å². The summed E-state index contributed by atoms with van der Waals surface area (Å²) < 4.78 is 5.41. The van der Waals surface area contributed by atoms with Gasteiger partial charge in [0.05, 0.1) is 5.71 Å². The van der Waals surface area contributed by atoms with Gasteiger partial charge in [0.1, 0.15) is 17.2 Å². The minimum absolute atomic E-state index is 0.0557. The van der Waals surface area contributed by atoms with Gasteiger partial charge in [-0.2, -0.15) is 5.10 Å². The number of hydrogen-bond donors (Lipinski definition) is 3. The normalized spacial score (nSPS) is 11.2. The number of phenols is 2. The molecule has 0 radical (unpaired) electrons. The molecule has 0 aliphatic carbocycles. The van der Waals surface area contributed by atoms with Crippen LogP contribution in [0, 0.1) is 6.92 Å². The fourth-order valence-electron chi connectivity index (χ4n) is 1.98. The molecule has 6 nitrogen and oxygen atoms in total. The zero-order valence-electron chi connectivity index (χ0n) is 13.2. The highest BCUT2D eigenvalue weighted by Crippen LogP contribution is 2.23. The van der Waals surface area contributed by atoms with E-state index in [-0.39, 0.29) is 18.1 Å². The highest BCUT2D eigenvalue weighted by molar-refractivity contribution is 6.30. The number of carbonyl (C=O) groups excluding carboxylic acids is 1. The first-order chi connectivity index (χ1) is 11.4. The smallest absolute Gasteiger partial charge is 0.277 e. The van der Waals surface area contributed by atoms with Crippen molar-refractivity contribution in [3.05, 3.63) is 52.5 Å². The van der Waals surface area contributed by atoms with E-state index in [0.29, 0.717) is 22.0 Å². The first-order valence-corrected chi connectivity index (χ1v) is 7.49. The van der Waals surface area contributed by atoms with E-state index in [0.717, 1.165) is 5.56 Å². The number of carbonyl (C=O) groups is 1. The molecule has 2 aromatic rings. The maximum absolute atomic E-state index is 11.8. The Morgan fingerprint density at radius 2 is 2.00 bits per heavy atom. The Kier molecular flexibility index (Phi) is 5.65. The summed E-state index contributed by atoms with van der Waals surface area (Å²) in [6.45, 7) is 3.24. The average molecular weight is 349 g/mol. The van der Waals surface area contributed by atoms with Gasteiger partial charge in [0.2, 0.25) is 0 Å². The molecule has 1 amide bonds. The third-order valence-corrected chi connectivity index (χ3v) is 3.45. The molecule has 0 saturated heterocycles. The van der Waals surface area contributed by atoms with Crippen molar-refractivity contribution in [1.82, 2.24) is 5.43 Å². The molecule has 0 aliphatic heterocycles. The second-order valence-electron chi connectivity index (χ2n) is 5.13. The summed E-state index contributed by atoms with van der Waals surface area (Å²) in [6, 6.07) is 9.23. The Bertz CT molecular complexity index is 790. The fraction of sp³-hybridized carbons (Fsp3) is 0.176. The van der Waals surface area contributed by atoms with Gasteiger partial charge in [-0.05, 0) is 49.7 Å². The van der Waals surface area contributed by atoms with Crippen molar-refractivity contribution in [3.8, 4) is 17.2 Å². The van der Waals surface area contributed by atoms with Gasteiger partial charge in [-0.3, -0.25) is 4.79 Å². The van der Waals surface area contributed by atoms with Crippen LogP contribution in [0.1, 0.15) is 18.1 Å². The maximum Gasteiger partial charge on any atom is 0.277 e. The van der Waals surface area contributed by atoms with Crippen LogP contribution in [-0.2, 0) is 4.79 Å². The number of hydrogen-bond acceptors (Lipinski definition) is 5. The van der Waals surface area contributed by atoms with Crippen molar-refractivity contribution in [3.63, 3.8) is 0 Å². The summed E-state index contributed by atoms with van der Waals surface area (Å²) in [6.07, 6.45) is 0. The summed E-state index contributed by atoms with van der Waals surface area (Å²) in [7, 11) is 0. The van der Waals surface area contributed by atoms with Crippen LogP contribution in [0.5, 0.6) is 17.2 Å². The Labute approximate surface area is 144 Å². The number of aryl methyl sites for hydroxylation is 1. The van der Waals surface area contributed by atoms with Crippen LogP contribution in [0.4, 0.5) is 0 Å². The molecular formula is C17H17ClN2O4. The van der Waals surface area contributed by atoms with Crippen LogP contribution in [0.3, 0.4) is 0 Å². The molecule has 0 spiro atoms. The lowest BCUT2D eigenvalue weighted by Crippen LogP contribution is -2.25. The Morgan fingerprint density at radius 3 is 2.67 bits per heavy atom. The van der Waals surface area contributed by atoms with Gasteiger partial charge >= 0.3 is 0 Å². The summed E-state index contributed by atoms with van der Waals surface area (Å²) in [5.41, 5.74) is 3.97. The molecule has 2 rings (SSSR count). The van der Waals surface area contributed by atoms with E-state index < -0.39 is 5.91 Å². The van der Waals surface area contributed by atoms with E-state index in [4.69, 9.17) is 16.3 Å². The molecule has 2 aromatic carbocycles. The highest BCUT2D eigenvalue weighted by atomic mass is 35.5. The van der Waals surface area contributed by atoms with Gasteiger partial charge in [-0.15, -0.1) is 0 Å². The third kappa shape index (κ3) is 4.63. The summed E-state index contributed by atoms with van der Waals surface area (Å²) in [5.74, 6) is -0.0632. The summed E-state index contributed by atoms with van der Waals surface area (Å²) >= 11 is 5.86.